The molecule has 3 nitrogen and oxygen atoms in total. The molecule has 0 N–H and O–H groups in total. The van der Waals surface area contributed by atoms with Gasteiger partial charge in [0.05, 0.1) is 7.11 Å². The quantitative estimate of drug-likeness (QED) is 0.704. The zero-order chi connectivity index (χ0) is 9.26. The Morgan fingerprint density at radius 3 is 2.92 bits per heavy atom. The molecule has 1 aliphatic carbocycles. The predicted molar refractivity (Wildman–Crippen MR) is 52.2 cm³/mol. The number of rotatable bonds is 3. The molecule has 0 aliphatic heterocycles. The van der Waals surface area contributed by atoms with Crippen LogP contribution in [0.5, 0.6) is 5.75 Å². The highest BCUT2D eigenvalue weighted by Crippen LogP contribution is 2.33. The van der Waals surface area contributed by atoms with E-state index in [0.29, 0.717) is 6.04 Å². The summed E-state index contributed by atoms with van der Waals surface area (Å²) >= 11 is 0. The second-order valence-corrected chi connectivity index (χ2v) is 3.37. The van der Waals surface area contributed by atoms with Crippen LogP contribution in [0.1, 0.15) is 12.8 Å². The van der Waals surface area contributed by atoms with Gasteiger partial charge in [-0.15, -0.1) is 0 Å². The summed E-state index contributed by atoms with van der Waals surface area (Å²) < 4.78 is 5.24. The molecule has 0 radical (unpaired) electrons. The van der Waals surface area contributed by atoms with Gasteiger partial charge in [0.1, 0.15) is 0 Å². The predicted octanol–water partition coefficient (Wildman–Crippen LogP) is 1.69. The molecule has 0 unspecified atom stereocenters. The van der Waals surface area contributed by atoms with Gasteiger partial charge in [0, 0.05) is 19.3 Å². The van der Waals surface area contributed by atoms with Crippen molar-refractivity contribution in [1.29, 1.82) is 0 Å². The van der Waals surface area contributed by atoms with Gasteiger partial charge in [-0.1, -0.05) is 0 Å². The molecule has 0 spiro atoms. The van der Waals surface area contributed by atoms with Crippen LogP contribution in [0, 0.1) is 0 Å². The van der Waals surface area contributed by atoms with Gasteiger partial charge in [-0.2, -0.15) is 0 Å². The van der Waals surface area contributed by atoms with E-state index in [1.165, 1.54) is 12.8 Å². The Kier molecular flexibility index (Phi) is 2.08. The number of ether oxygens (including phenoxy) is 1. The molecule has 2 rings (SSSR count). The van der Waals surface area contributed by atoms with Crippen molar-refractivity contribution in [2.24, 2.45) is 0 Å². The number of aromatic nitrogens is 1. The summed E-state index contributed by atoms with van der Waals surface area (Å²) in [7, 11) is 3.75. The molecule has 13 heavy (non-hydrogen) atoms. The SMILES string of the molecule is COc1cccnc1N(C)C1CC1. The Labute approximate surface area is 78.3 Å². The lowest BCUT2D eigenvalue weighted by atomic mass is 10.4. The van der Waals surface area contributed by atoms with E-state index in [-0.39, 0.29) is 0 Å². The number of anilines is 1. The van der Waals surface area contributed by atoms with Crippen LogP contribution in [0.15, 0.2) is 18.3 Å². The first-order valence-electron chi connectivity index (χ1n) is 4.55. The lowest BCUT2D eigenvalue weighted by Crippen LogP contribution is -2.21. The number of pyridine rings is 1. The van der Waals surface area contributed by atoms with Gasteiger partial charge < -0.3 is 9.64 Å². The molecule has 70 valence electrons. The number of hydrogen-bond acceptors (Lipinski definition) is 3. The molecule has 1 heterocycles. The second-order valence-electron chi connectivity index (χ2n) is 3.37. The molecule has 0 amide bonds. The summed E-state index contributed by atoms with van der Waals surface area (Å²) in [6.07, 6.45) is 4.35. The number of nitrogens with zero attached hydrogens (tertiary/aromatic N) is 2. The van der Waals surface area contributed by atoms with E-state index in [1.807, 2.05) is 12.1 Å². The van der Waals surface area contributed by atoms with Crippen molar-refractivity contribution in [2.45, 2.75) is 18.9 Å². The standard InChI is InChI=1S/C10H14N2O/c1-12(8-5-6-8)10-9(13-2)4-3-7-11-10/h3-4,7-8H,5-6H2,1-2H3. The third kappa shape index (κ3) is 1.59. The van der Waals surface area contributed by atoms with E-state index in [1.54, 1.807) is 13.3 Å². The van der Waals surface area contributed by atoms with E-state index in [9.17, 15) is 0 Å². The van der Waals surface area contributed by atoms with E-state index < -0.39 is 0 Å². The van der Waals surface area contributed by atoms with Crippen LogP contribution in [0.4, 0.5) is 5.82 Å². The van der Waals surface area contributed by atoms with Crippen LogP contribution in [0.25, 0.3) is 0 Å². The molecule has 0 atom stereocenters. The summed E-state index contributed by atoms with van der Waals surface area (Å²) in [5.74, 6) is 1.81. The Bertz CT molecular complexity index is 297. The summed E-state index contributed by atoms with van der Waals surface area (Å²) in [5.41, 5.74) is 0. The van der Waals surface area contributed by atoms with Gasteiger partial charge in [-0.25, -0.2) is 4.98 Å². The maximum absolute atomic E-state index is 5.24. The minimum atomic E-state index is 0.670. The van der Waals surface area contributed by atoms with Crippen LogP contribution in [-0.2, 0) is 0 Å². The lowest BCUT2D eigenvalue weighted by molar-refractivity contribution is 0.413. The van der Waals surface area contributed by atoms with Crippen molar-refractivity contribution in [1.82, 2.24) is 4.98 Å². The van der Waals surface area contributed by atoms with Crippen molar-refractivity contribution >= 4 is 5.82 Å². The normalized spacial score (nSPS) is 15.5. The maximum atomic E-state index is 5.24. The molecule has 1 aromatic rings. The van der Waals surface area contributed by atoms with Crippen molar-refractivity contribution in [3.8, 4) is 5.75 Å². The molecule has 1 fully saturated rings. The smallest absolute Gasteiger partial charge is 0.171 e. The highest BCUT2D eigenvalue weighted by atomic mass is 16.5. The Balaban J connectivity index is 2.26. The minimum absolute atomic E-state index is 0.670. The average Bonchev–Trinajstić information content (AvgIpc) is 3.00. The number of methoxy groups -OCH3 is 1. The first kappa shape index (κ1) is 8.35. The van der Waals surface area contributed by atoms with Crippen LogP contribution in [0.2, 0.25) is 0 Å². The zero-order valence-electron chi connectivity index (χ0n) is 8.03. The van der Waals surface area contributed by atoms with E-state index in [2.05, 4.69) is 16.9 Å². The fourth-order valence-corrected chi connectivity index (χ4v) is 1.44. The van der Waals surface area contributed by atoms with Crippen molar-refractivity contribution in [3.63, 3.8) is 0 Å². The topological polar surface area (TPSA) is 25.4 Å². The van der Waals surface area contributed by atoms with Gasteiger partial charge in [-0.05, 0) is 25.0 Å². The second kappa shape index (κ2) is 3.24. The molecular weight excluding hydrogens is 164 g/mol. The van der Waals surface area contributed by atoms with Gasteiger partial charge in [-0.3, -0.25) is 0 Å². The van der Waals surface area contributed by atoms with Crippen LogP contribution in [0.3, 0.4) is 0 Å². The third-order valence-corrected chi connectivity index (χ3v) is 2.40. The lowest BCUT2D eigenvalue weighted by Gasteiger charge is -2.19. The molecule has 3 heteroatoms. The monoisotopic (exact) mass is 178 g/mol. The molecule has 0 bridgehead atoms. The van der Waals surface area contributed by atoms with Crippen LogP contribution in [-0.4, -0.2) is 25.2 Å². The van der Waals surface area contributed by atoms with Crippen molar-refractivity contribution in [3.05, 3.63) is 18.3 Å². The Hall–Kier alpha value is -1.25. The van der Waals surface area contributed by atoms with Gasteiger partial charge >= 0.3 is 0 Å². The average molecular weight is 178 g/mol. The summed E-state index contributed by atoms with van der Waals surface area (Å²) in [6, 6.07) is 4.51. The molecule has 1 aromatic heterocycles. The third-order valence-electron chi connectivity index (χ3n) is 2.40. The molecule has 1 aliphatic rings. The maximum Gasteiger partial charge on any atom is 0.171 e. The fraction of sp³-hybridized carbons (Fsp3) is 0.500. The van der Waals surface area contributed by atoms with Crippen LogP contribution >= 0.6 is 0 Å². The summed E-state index contributed by atoms with van der Waals surface area (Å²) in [6.45, 7) is 0. The van der Waals surface area contributed by atoms with Gasteiger partial charge in [0.25, 0.3) is 0 Å². The number of hydrogen-bond donors (Lipinski definition) is 0. The van der Waals surface area contributed by atoms with E-state index >= 15 is 0 Å². The first-order valence-corrected chi connectivity index (χ1v) is 4.55. The zero-order valence-corrected chi connectivity index (χ0v) is 8.03. The van der Waals surface area contributed by atoms with Crippen molar-refractivity contribution in [2.75, 3.05) is 19.1 Å². The summed E-state index contributed by atoms with van der Waals surface area (Å²) in [4.78, 5) is 6.50. The Morgan fingerprint density at radius 1 is 1.54 bits per heavy atom. The fourth-order valence-electron chi connectivity index (χ4n) is 1.44. The molecular formula is C10H14N2O. The molecule has 1 saturated carbocycles. The summed E-state index contributed by atoms with van der Waals surface area (Å²) in [5, 5.41) is 0. The highest BCUT2D eigenvalue weighted by molar-refractivity contribution is 5.52. The minimum Gasteiger partial charge on any atom is -0.493 e. The van der Waals surface area contributed by atoms with Gasteiger partial charge in [0.15, 0.2) is 11.6 Å². The molecule has 0 saturated heterocycles. The van der Waals surface area contributed by atoms with E-state index in [0.717, 1.165) is 11.6 Å². The Morgan fingerprint density at radius 2 is 2.31 bits per heavy atom. The largest absolute Gasteiger partial charge is 0.493 e. The van der Waals surface area contributed by atoms with E-state index in [4.69, 9.17) is 4.74 Å². The van der Waals surface area contributed by atoms with Gasteiger partial charge in [0.2, 0.25) is 0 Å². The molecule has 0 aromatic carbocycles. The highest BCUT2D eigenvalue weighted by Gasteiger charge is 2.28. The van der Waals surface area contributed by atoms with Crippen LogP contribution < -0.4 is 9.64 Å². The first-order chi connectivity index (χ1) is 6.33. The van der Waals surface area contributed by atoms with Crippen molar-refractivity contribution < 1.29 is 4.74 Å².